The molecule has 2 aromatic carbocycles. The molecule has 0 aliphatic heterocycles. The van der Waals surface area contributed by atoms with Crippen LogP contribution in [-0.4, -0.2) is 32.4 Å². The summed E-state index contributed by atoms with van der Waals surface area (Å²) in [6.45, 7) is 0.680. The van der Waals surface area contributed by atoms with Crippen LogP contribution in [0.2, 0.25) is 0 Å². The minimum absolute atomic E-state index is 0.0569. The van der Waals surface area contributed by atoms with E-state index in [1.807, 2.05) is 42.5 Å². The molecule has 0 aromatic heterocycles. The molecule has 0 atom stereocenters. The van der Waals surface area contributed by atoms with Gasteiger partial charge in [-0.2, -0.15) is 0 Å². The Bertz CT molecular complexity index is 643. The Morgan fingerprint density at radius 3 is 2.50 bits per heavy atom. The third-order valence-corrected chi connectivity index (χ3v) is 4.54. The molecule has 0 saturated heterocycles. The molecule has 0 fully saturated rings. The number of thioether (sulfide) groups is 1. The smallest absolute Gasteiger partial charge is 0.230 e. The van der Waals surface area contributed by atoms with E-state index >= 15 is 0 Å². The van der Waals surface area contributed by atoms with Crippen LogP contribution < -0.4 is 14.8 Å². The number of ether oxygens (including phenoxy) is 2. The quantitative estimate of drug-likeness (QED) is 0.558. The van der Waals surface area contributed by atoms with E-state index in [0.717, 1.165) is 29.2 Å². The number of nitrogens with one attached hydrogen (secondary N) is 1. The molecule has 0 aliphatic carbocycles. The molecular weight excluding hydrogens is 322 g/mol. The van der Waals surface area contributed by atoms with Crippen molar-refractivity contribution in [2.24, 2.45) is 0 Å². The van der Waals surface area contributed by atoms with Crippen molar-refractivity contribution in [1.29, 1.82) is 0 Å². The van der Waals surface area contributed by atoms with Gasteiger partial charge in [0.05, 0.1) is 20.0 Å². The summed E-state index contributed by atoms with van der Waals surface area (Å²) >= 11 is 1.52. The lowest BCUT2D eigenvalue weighted by Crippen LogP contribution is -2.26. The first kappa shape index (κ1) is 18.2. The van der Waals surface area contributed by atoms with E-state index in [-0.39, 0.29) is 5.91 Å². The van der Waals surface area contributed by atoms with Gasteiger partial charge in [0.25, 0.3) is 0 Å². The Morgan fingerprint density at radius 1 is 1.04 bits per heavy atom. The van der Waals surface area contributed by atoms with Crippen molar-refractivity contribution < 1.29 is 14.3 Å². The summed E-state index contributed by atoms with van der Waals surface area (Å²) in [5, 5.41) is 2.96. The van der Waals surface area contributed by atoms with Crippen molar-refractivity contribution in [3.05, 3.63) is 54.1 Å². The largest absolute Gasteiger partial charge is 0.497 e. The third kappa shape index (κ3) is 6.16. The van der Waals surface area contributed by atoms with Crippen molar-refractivity contribution in [3.63, 3.8) is 0 Å². The van der Waals surface area contributed by atoms with Gasteiger partial charge in [-0.05, 0) is 54.8 Å². The molecule has 128 valence electrons. The zero-order valence-corrected chi connectivity index (χ0v) is 14.9. The monoisotopic (exact) mass is 345 g/mol. The fraction of sp³-hybridized carbons (Fsp3) is 0.316. The molecule has 2 aromatic rings. The Labute approximate surface area is 147 Å². The van der Waals surface area contributed by atoms with Gasteiger partial charge in [-0.3, -0.25) is 4.79 Å². The van der Waals surface area contributed by atoms with Crippen LogP contribution in [0.5, 0.6) is 11.5 Å². The second-order valence-corrected chi connectivity index (χ2v) is 6.32. The van der Waals surface area contributed by atoms with Crippen molar-refractivity contribution >= 4 is 17.7 Å². The molecule has 4 nitrogen and oxygen atoms in total. The van der Waals surface area contributed by atoms with Gasteiger partial charge in [-0.25, -0.2) is 0 Å². The van der Waals surface area contributed by atoms with Gasteiger partial charge >= 0.3 is 0 Å². The summed E-state index contributed by atoms with van der Waals surface area (Å²) in [6.07, 6.45) is 1.83. The summed E-state index contributed by atoms with van der Waals surface area (Å²) in [4.78, 5) is 12.9. The number of benzene rings is 2. The van der Waals surface area contributed by atoms with Gasteiger partial charge in [0.2, 0.25) is 5.91 Å². The number of hydrogen-bond acceptors (Lipinski definition) is 4. The Morgan fingerprint density at radius 2 is 1.79 bits per heavy atom. The number of aryl methyl sites for hydroxylation is 1. The van der Waals surface area contributed by atoms with E-state index in [0.29, 0.717) is 12.3 Å². The molecular formula is C19H23NO3S. The molecule has 0 heterocycles. The second-order valence-electron chi connectivity index (χ2n) is 5.27. The van der Waals surface area contributed by atoms with Crippen molar-refractivity contribution in [2.45, 2.75) is 17.7 Å². The first-order valence-electron chi connectivity index (χ1n) is 7.88. The van der Waals surface area contributed by atoms with Crippen LogP contribution in [0.3, 0.4) is 0 Å². The highest BCUT2D eigenvalue weighted by atomic mass is 32.2. The zero-order chi connectivity index (χ0) is 17.2. The highest BCUT2D eigenvalue weighted by Gasteiger charge is 2.03. The number of amides is 1. The summed E-state index contributed by atoms with van der Waals surface area (Å²) in [5.41, 5.74) is 1.22. The van der Waals surface area contributed by atoms with Gasteiger partial charge in [0.15, 0.2) is 0 Å². The topological polar surface area (TPSA) is 47.6 Å². The SMILES string of the molecule is COc1ccc(SCC(=O)NCCCc2cccc(OC)c2)cc1. The Kier molecular flexibility index (Phi) is 7.49. The molecule has 0 bridgehead atoms. The van der Waals surface area contributed by atoms with Gasteiger partial charge in [0, 0.05) is 11.4 Å². The van der Waals surface area contributed by atoms with Crippen LogP contribution >= 0.6 is 11.8 Å². The van der Waals surface area contributed by atoms with Gasteiger partial charge in [0.1, 0.15) is 11.5 Å². The van der Waals surface area contributed by atoms with Crippen LogP contribution in [0.25, 0.3) is 0 Å². The van der Waals surface area contributed by atoms with Crippen molar-refractivity contribution in [2.75, 3.05) is 26.5 Å². The Hall–Kier alpha value is -2.14. The number of carbonyl (C=O) groups excluding carboxylic acids is 1. The van der Waals surface area contributed by atoms with E-state index in [4.69, 9.17) is 9.47 Å². The maximum absolute atomic E-state index is 11.9. The predicted octanol–water partition coefficient (Wildman–Crippen LogP) is 3.54. The van der Waals surface area contributed by atoms with Crippen LogP contribution in [0, 0.1) is 0 Å². The molecule has 1 N–H and O–H groups in total. The van der Waals surface area contributed by atoms with Crippen LogP contribution in [-0.2, 0) is 11.2 Å². The standard InChI is InChI=1S/C19H23NO3S/c1-22-16-8-10-18(11-9-16)24-14-19(21)20-12-4-6-15-5-3-7-17(13-15)23-2/h3,5,7-11,13H,4,6,12,14H2,1-2H3,(H,20,21). The molecule has 0 unspecified atom stereocenters. The molecule has 0 radical (unpaired) electrons. The van der Waals surface area contributed by atoms with E-state index in [1.165, 1.54) is 17.3 Å². The van der Waals surface area contributed by atoms with E-state index in [9.17, 15) is 4.79 Å². The molecule has 5 heteroatoms. The maximum Gasteiger partial charge on any atom is 0.230 e. The number of rotatable bonds is 9. The molecule has 0 saturated carbocycles. The van der Waals surface area contributed by atoms with E-state index < -0.39 is 0 Å². The zero-order valence-electron chi connectivity index (χ0n) is 14.1. The van der Waals surface area contributed by atoms with Gasteiger partial charge in [-0.15, -0.1) is 11.8 Å². The lowest BCUT2D eigenvalue weighted by Gasteiger charge is -2.07. The minimum Gasteiger partial charge on any atom is -0.497 e. The van der Waals surface area contributed by atoms with E-state index in [2.05, 4.69) is 11.4 Å². The average Bonchev–Trinajstić information content (AvgIpc) is 2.64. The summed E-state index contributed by atoms with van der Waals surface area (Å²) in [6, 6.07) is 15.7. The predicted molar refractivity (Wildman–Crippen MR) is 98.0 cm³/mol. The van der Waals surface area contributed by atoms with Crippen molar-refractivity contribution in [3.8, 4) is 11.5 Å². The summed E-state index contributed by atoms with van der Waals surface area (Å²) in [7, 11) is 3.31. The fourth-order valence-electron chi connectivity index (χ4n) is 2.22. The summed E-state index contributed by atoms with van der Waals surface area (Å²) in [5.74, 6) is 2.17. The first-order valence-corrected chi connectivity index (χ1v) is 8.86. The lowest BCUT2D eigenvalue weighted by atomic mass is 10.1. The minimum atomic E-state index is 0.0569. The van der Waals surface area contributed by atoms with Gasteiger partial charge in [-0.1, -0.05) is 12.1 Å². The first-order chi connectivity index (χ1) is 11.7. The molecule has 24 heavy (non-hydrogen) atoms. The lowest BCUT2D eigenvalue weighted by molar-refractivity contribution is -0.118. The number of carbonyl (C=O) groups is 1. The normalized spacial score (nSPS) is 10.2. The number of methoxy groups -OCH3 is 2. The van der Waals surface area contributed by atoms with Crippen LogP contribution in [0.1, 0.15) is 12.0 Å². The molecule has 0 spiro atoms. The highest BCUT2D eigenvalue weighted by molar-refractivity contribution is 8.00. The van der Waals surface area contributed by atoms with Crippen LogP contribution in [0.4, 0.5) is 0 Å². The van der Waals surface area contributed by atoms with Gasteiger partial charge < -0.3 is 14.8 Å². The molecule has 0 aliphatic rings. The average molecular weight is 345 g/mol. The fourth-order valence-corrected chi connectivity index (χ4v) is 2.95. The summed E-state index contributed by atoms with van der Waals surface area (Å²) < 4.78 is 10.3. The molecule has 1 amide bonds. The maximum atomic E-state index is 11.9. The van der Waals surface area contributed by atoms with E-state index in [1.54, 1.807) is 14.2 Å². The van der Waals surface area contributed by atoms with Crippen molar-refractivity contribution in [1.82, 2.24) is 5.32 Å². The third-order valence-electron chi connectivity index (χ3n) is 3.53. The van der Waals surface area contributed by atoms with Crippen LogP contribution in [0.15, 0.2) is 53.4 Å². The highest BCUT2D eigenvalue weighted by Crippen LogP contribution is 2.20. The Balaban J connectivity index is 1.63. The number of hydrogen-bond donors (Lipinski definition) is 1. The second kappa shape index (κ2) is 9.88. The molecule has 2 rings (SSSR count).